The predicted octanol–water partition coefficient (Wildman–Crippen LogP) is 4.72. The second-order valence-electron chi connectivity index (χ2n) is 10.00. The van der Waals surface area contributed by atoms with Crippen LogP contribution in [0.2, 0.25) is 0 Å². The quantitative estimate of drug-likeness (QED) is 0.490. The minimum absolute atomic E-state index is 0.0332. The smallest absolute Gasteiger partial charge is 0.335 e. The van der Waals surface area contributed by atoms with Crippen LogP contribution >= 0.6 is 0 Å². The zero-order chi connectivity index (χ0) is 25.8. The van der Waals surface area contributed by atoms with E-state index in [0.29, 0.717) is 11.5 Å². The highest BCUT2D eigenvalue weighted by molar-refractivity contribution is 6.39. The first-order valence-corrected chi connectivity index (χ1v) is 12.0. The number of imide groups is 2. The molecule has 0 bridgehead atoms. The molecule has 2 aromatic carbocycles. The van der Waals surface area contributed by atoms with Crippen LogP contribution in [-0.2, 0) is 9.59 Å². The Bertz CT molecular complexity index is 1320. The van der Waals surface area contributed by atoms with Crippen molar-refractivity contribution in [1.82, 2.24) is 5.32 Å². The maximum Gasteiger partial charge on any atom is 0.335 e. The van der Waals surface area contributed by atoms with Crippen LogP contribution in [0.25, 0.3) is 6.08 Å². The van der Waals surface area contributed by atoms with Crippen molar-refractivity contribution in [3.63, 3.8) is 0 Å². The van der Waals surface area contributed by atoms with Crippen molar-refractivity contribution in [3.8, 4) is 11.5 Å². The summed E-state index contributed by atoms with van der Waals surface area (Å²) in [5.74, 6) is -1.24. The number of urea groups is 1. The van der Waals surface area contributed by atoms with Crippen molar-refractivity contribution in [3.05, 3.63) is 52.8 Å². The second-order valence-corrected chi connectivity index (χ2v) is 10.00. The molecule has 1 fully saturated rings. The lowest BCUT2D eigenvalue weighted by atomic mass is 9.79. The summed E-state index contributed by atoms with van der Waals surface area (Å²) in [6.45, 7) is 9.32. The second kappa shape index (κ2) is 8.65. The fourth-order valence-electron chi connectivity index (χ4n) is 5.35. The highest BCUT2D eigenvalue weighted by Gasteiger charge is 2.39. The number of rotatable bonds is 4. The molecule has 3 aliphatic heterocycles. The van der Waals surface area contributed by atoms with Crippen molar-refractivity contribution < 1.29 is 28.2 Å². The molecule has 3 heterocycles. The molecule has 4 amide bonds. The molecule has 2 aromatic rings. The van der Waals surface area contributed by atoms with E-state index in [-0.39, 0.29) is 35.1 Å². The summed E-state index contributed by atoms with van der Waals surface area (Å²) in [5.41, 5.74) is 1.66. The molecule has 1 saturated heterocycles. The third-order valence-electron chi connectivity index (χ3n) is 6.97. The van der Waals surface area contributed by atoms with Crippen LogP contribution in [0.3, 0.4) is 0 Å². The molecular weight excluding hydrogens is 465 g/mol. The van der Waals surface area contributed by atoms with Gasteiger partial charge in [0.1, 0.15) is 11.4 Å². The van der Waals surface area contributed by atoms with Gasteiger partial charge >= 0.3 is 6.03 Å². The number of anilines is 2. The van der Waals surface area contributed by atoms with Crippen LogP contribution in [0.1, 0.15) is 57.6 Å². The molecule has 5 rings (SSSR count). The Morgan fingerprint density at radius 1 is 1.14 bits per heavy atom. The SMILES string of the molecule is CCCN1c2cc(F)c(/C=C3/C(=O)NC(=O)N(c4ccc5c(c4)OCO5)C3=O)cc2C(C)CC1(C)C. The van der Waals surface area contributed by atoms with Gasteiger partial charge in [0.25, 0.3) is 11.8 Å². The number of ether oxygens (including phenoxy) is 2. The van der Waals surface area contributed by atoms with E-state index in [2.05, 4.69) is 37.9 Å². The Balaban J connectivity index is 1.54. The number of barbiturate groups is 1. The molecule has 0 aliphatic carbocycles. The van der Waals surface area contributed by atoms with Crippen LogP contribution in [0, 0.1) is 5.82 Å². The number of fused-ring (bicyclic) bond motifs is 2. The normalized spacial score (nSPS) is 21.6. The van der Waals surface area contributed by atoms with Crippen molar-refractivity contribution >= 4 is 35.3 Å². The van der Waals surface area contributed by atoms with E-state index in [4.69, 9.17) is 9.47 Å². The van der Waals surface area contributed by atoms with Gasteiger partial charge in [-0.2, -0.15) is 0 Å². The van der Waals surface area contributed by atoms with Crippen molar-refractivity contribution in [2.75, 3.05) is 23.1 Å². The van der Waals surface area contributed by atoms with Gasteiger partial charge in [-0.1, -0.05) is 13.8 Å². The number of carbonyl (C=O) groups excluding carboxylic acids is 3. The molecule has 0 aromatic heterocycles. The van der Waals surface area contributed by atoms with Gasteiger partial charge in [0.2, 0.25) is 6.79 Å². The number of amides is 4. The molecule has 9 heteroatoms. The van der Waals surface area contributed by atoms with Crippen molar-refractivity contribution in [2.45, 2.75) is 52.0 Å². The van der Waals surface area contributed by atoms with Gasteiger partial charge < -0.3 is 14.4 Å². The Hall–Kier alpha value is -3.88. The summed E-state index contributed by atoms with van der Waals surface area (Å²) in [7, 11) is 0. The highest BCUT2D eigenvalue weighted by Crippen LogP contribution is 2.44. The summed E-state index contributed by atoms with van der Waals surface area (Å²) in [6, 6.07) is 6.88. The maximum atomic E-state index is 15.4. The van der Waals surface area contributed by atoms with Crippen molar-refractivity contribution in [1.29, 1.82) is 0 Å². The lowest BCUT2D eigenvalue weighted by Crippen LogP contribution is -2.54. The number of hydrogen-bond donors (Lipinski definition) is 1. The van der Waals surface area contributed by atoms with Gasteiger partial charge in [-0.3, -0.25) is 14.9 Å². The van der Waals surface area contributed by atoms with E-state index in [0.717, 1.165) is 35.5 Å². The molecule has 8 nitrogen and oxygen atoms in total. The van der Waals surface area contributed by atoms with Gasteiger partial charge in [0.05, 0.1) is 5.69 Å². The molecule has 1 unspecified atom stereocenters. The third kappa shape index (κ3) is 3.88. The van der Waals surface area contributed by atoms with E-state index in [1.807, 2.05) is 0 Å². The molecule has 0 spiro atoms. The number of halogens is 1. The summed E-state index contributed by atoms with van der Waals surface area (Å²) >= 11 is 0. The number of benzene rings is 2. The fourth-order valence-corrected chi connectivity index (χ4v) is 5.35. The molecule has 36 heavy (non-hydrogen) atoms. The minimum Gasteiger partial charge on any atom is -0.454 e. The fraction of sp³-hybridized carbons (Fsp3) is 0.370. The molecule has 3 aliphatic rings. The monoisotopic (exact) mass is 493 g/mol. The zero-order valence-electron chi connectivity index (χ0n) is 20.7. The highest BCUT2D eigenvalue weighted by atomic mass is 19.1. The van der Waals surface area contributed by atoms with Crippen LogP contribution < -0.4 is 24.6 Å². The van der Waals surface area contributed by atoms with Gasteiger partial charge in [-0.15, -0.1) is 0 Å². The topological polar surface area (TPSA) is 88.2 Å². The largest absolute Gasteiger partial charge is 0.454 e. The average Bonchev–Trinajstić information content (AvgIpc) is 3.27. The van der Waals surface area contributed by atoms with Gasteiger partial charge in [0, 0.05) is 29.4 Å². The summed E-state index contributed by atoms with van der Waals surface area (Å²) in [4.78, 5) is 41.6. The number of carbonyl (C=O) groups is 3. The average molecular weight is 494 g/mol. The lowest BCUT2D eigenvalue weighted by Gasteiger charge is -2.47. The Kier molecular flexibility index (Phi) is 5.73. The van der Waals surface area contributed by atoms with E-state index < -0.39 is 23.7 Å². The van der Waals surface area contributed by atoms with E-state index >= 15 is 4.39 Å². The van der Waals surface area contributed by atoms with Gasteiger partial charge in [-0.25, -0.2) is 14.1 Å². The van der Waals surface area contributed by atoms with Gasteiger partial charge in [-0.05, 0) is 68.5 Å². The lowest BCUT2D eigenvalue weighted by molar-refractivity contribution is -0.122. The van der Waals surface area contributed by atoms with E-state index in [1.165, 1.54) is 24.3 Å². The third-order valence-corrected chi connectivity index (χ3v) is 6.97. The Morgan fingerprint density at radius 2 is 1.89 bits per heavy atom. The molecule has 1 N–H and O–H groups in total. The van der Waals surface area contributed by atoms with Gasteiger partial charge in [0.15, 0.2) is 11.5 Å². The Morgan fingerprint density at radius 3 is 2.64 bits per heavy atom. The Labute approximate surface area is 208 Å². The molecule has 188 valence electrons. The molecule has 0 saturated carbocycles. The van der Waals surface area contributed by atoms with E-state index in [9.17, 15) is 14.4 Å². The zero-order valence-corrected chi connectivity index (χ0v) is 20.7. The van der Waals surface area contributed by atoms with Crippen LogP contribution in [-0.4, -0.2) is 36.7 Å². The summed E-state index contributed by atoms with van der Waals surface area (Å²) < 4.78 is 26.0. The van der Waals surface area contributed by atoms with Crippen LogP contribution in [0.5, 0.6) is 11.5 Å². The summed E-state index contributed by atoms with van der Waals surface area (Å²) in [5, 5.41) is 2.18. The standard InChI is InChI=1S/C27H28FN3O5/c1-5-8-30-21-12-20(28)16(9-18(21)15(2)13-27(30,3)4)10-19-24(32)29-26(34)31(25(19)33)17-6-7-22-23(11-17)36-14-35-22/h6-7,9-12,15H,5,8,13-14H2,1-4H3,(H,29,32,34)/b19-10-. The minimum atomic E-state index is -0.891. The predicted molar refractivity (Wildman–Crippen MR) is 133 cm³/mol. The molecular formula is C27H28FN3O5. The molecule has 0 radical (unpaired) electrons. The number of hydrogen-bond acceptors (Lipinski definition) is 6. The first-order chi connectivity index (χ1) is 17.1. The maximum absolute atomic E-state index is 15.4. The molecule has 1 atom stereocenters. The summed E-state index contributed by atoms with van der Waals surface area (Å²) in [6.07, 6.45) is 3.02. The first kappa shape index (κ1) is 23.8. The van der Waals surface area contributed by atoms with Crippen molar-refractivity contribution in [2.24, 2.45) is 0 Å². The van der Waals surface area contributed by atoms with Crippen LogP contribution in [0.4, 0.5) is 20.6 Å². The first-order valence-electron chi connectivity index (χ1n) is 12.0. The van der Waals surface area contributed by atoms with Crippen LogP contribution in [0.15, 0.2) is 35.9 Å². The number of nitrogens with zero attached hydrogens (tertiary/aromatic N) is 2. The number of nitrogens with one attached hydrogen (secondary N) is 1. The van der Waals surface area contributed by atoms with E-state index in [1.54, 1.807) is 12.1 Å².